The maximum atomic E-state index is 4.64. The van der Waals surface area contributed by atoms with Crippen molar-refractivity contribution in [3.05, 3.63) is 60.2 Å². The molecule has 0 atom stereocenters. The summed E-state index contributed by atoms with van der Waals surface area (Å²) in [4.78, 5) is 2.34. The molecule has 26 heavy (non-hydrogen) atoms. The number of allylic oxidation sites excluding steroid dienone is 2. The van der Waals surface area contributed by atoms with Crippen molar-refractivity contribution in [3.63, 3.8) is 0 Å². The van der Waals surface area contributed by atoms with Crippen LogP contribution in [0.4, 0.5) is 17.1 Å². The first-order valence-corrected chi connectivity index (χ1v) is 9.32. The minimum absolute atomic E-state index is 1.02. The summed E-state index contributed by atoms with van der Waals surface area (Å²) in [5.74, 6) is 0. The minimum atomic E-state index is 1.02. The van der Waals surface area contributed by atoms with Gasteiger partial charge in [-0.1, -0.05) is 18.2 Å². The van der Waals surface area contributed by atoms with Gasteiger partial charge in [0.15, 0.2) is 0 Å². The monoisotopic (exact) mass is 351 g/mol. The minimum Gasteiger partial charge on any atom is -0.372 e. The summed E-state index contributed by atoms with van der Waals surface area (Å²) < 4.78 is 0. The van der Waals surface area contributed by atoms with Crippen LogP contribution in [0, 0.1) is 0 Å². The zero-order chi connectivity index (χ0) is 18.9. The van der Waals surface area contributed by atoms with Crippen molar-refractivity contribution in [1.29, 1.82) is 0 Å². The second kappa shape index (κ2) is 9.78. The maximum Gasteiger partial charge on any atom is 0.137 e. The van der Waals surface area contributed by atoms with Crippen molar-refractivity contribution in [2.24, 2.45) is 5.10 Å². The van der Waals surface area contributed by atoms with Gasteiger partial charge in [0.25, 0.3) is 0 Å². The molecule has 138 valence electrons. The zero-order valence-corrected chi connectivity index (χ0v) is 16.6. The van der Waals surface area contributed by atoms with Crippen LogP contribution in [0.15, 0.2) is 59.7 Å². The summed E-state index contributed by atoms with van der Waals surface area (Å²) in [5.41, 5.74) is 5.86. The molecule has 4 heteroatoms. The molecule has 0 radical (unpaired) electrons. The highest BCUT2D eigenvalue weighted by atomic mass is 15.4. The van der Waals surface area contributed by atoms with Crippen LogP contribution in [0.2, 0.25) is 0 Å². The highest BCUT2D eigenvalue weighted by molar-refractivity contribution is 6.11. The molecule has 0 saturated carbocycles. The van der Waals surface area contributed by atoms with Crippen molar-refractivity contribution < 1.29 is 5.32 Å². The topological polar surface area (TPSA) is 35.5 Å². The third kappa shape index (κ3) is 4.73. The number of anilines is 2. The van der Waals surface area contributed by atoms with Crippen molar-refractivity contribution in [1.82, 2.24) is 0 Å². The molecule has 0 spiro atoms. The molecule has 4 nitrogen and oxygen atoms in total. The lowest BCUT2D eigenvalue weighted by atomic mass is 10.0. The normalized spacial score (nSPS) is 11.8. The van der Waals surface area contributed by atoms with E-state index in [1.54, 1.807) is 0 Å². The number of benzene rings is 2. The van der Waals surface area contributed by atoms with Crippen molar-refractivity contribution in [2.45, 2.75) is 20.8 Å². The number of hydrogen-bond acceptors (Lipinski definition) is 3. The van der Waals surface area contributed by atoms with E-state index in [4.69, 9.17) is 0 Å². The van der Waals surface area contributed by atoms with Crippen LogP contribution in [-0.2, 0) is 0 Å². The van der Waals surface area contributed by atoms with E-state index in [-0.39, 0.29) is 0 Å². The van der Waals surface area contributed by atoms with Gasteiger partial charge in [-0.05, 0) is 57.2 Å². The molecule has 0 fully saturated rings. The second-order valence-electron chi connectivity index (χ2n) is 6.08. The maximum absolute atomic E-state index is 4.64. The fraction of sp³-hybridized carbons (Fsp3) is 0.318. The number of para-hydroxylation sites is 1. The number of quaternary nitrogens is 1. The summed E-state index contributed by atoms with van der Waals surface area (Å²) in [6.07, 6.45) is 4.03. The van der Waals surface area contributed by atoms with Crippen molar-refractivity contribution >= 4 is 28.8 Å². The third-order valence-corrected chi connectivity index (χ3v) is 4.62. The Morgan fingerprint density at radius 2 is 1.62 bits per heavy atom. The Hall–Kier alpha value is -2.59. The van der Waals surface area contributed by atoms with Crippen LogP contribution < -0.4 is 15.2 Å². The molecule has 0 aliphatic heterocycles. The molecule has 0 heterocycles. The molecule has 2 aromatic rings. The average Bonchev–Trinajstić information content (AvgIpc) is 2.70. The molecule has 0 saturated heterocycles. The van der Waals surface area contributed by atoms with E-state index >= 15 is 0 Å². The average molecular weight is 352 g/mol. The summed E-state index contributed by atoms with van der Waals surface area (Å²) in [7, 11) is 4.04. The zero-order valence-electron chi connectivity index (χ0n) is 16.6. The van der Waals surface area contributed by atoms with Crippen LogP contribution in [0.25, 0.3) is 5.57 Å². The van der Waals surface area contributed by atoms with Gasteiger partial charge in [-0.15, -0.1) is 0 Å². The molecule has 0 aliphatic rings. The summed E-state index contributed by atoms with van der Waals surface area (Å²) in [6.45, 7) is 8.44. The largest absolute Gasteiger partial charge is 0.372 e. The van der Waals surface area contributed by atoms with Gasteiger partial charge >= 0.3 is 0 Å². The third-order valence-electron chi connectivity index (χ3n) is 4.62. The van der Waals surface area contributed by atoms with Gasteiger partial charge in [0.05, 0.1) is 18.9 Å². The predicted octanol–water partition coefficient (Wildman–Crippen LogP) is 3.88. The van der Waals surface area contributed by atoms with Gasteiger partial charge in [0.2, 0.25) is 0 Å². The molecule has 2 aromatic carbocycles. The molecular weight excluding hydrogens is 320 g/mol. The number of hydrogen-bond donors (Lipinski definition) is 1. The van der Waals surface area contributed by atoms with E-state index < -0.39 is 0 Å². The smallest absolute Gasteiger partial charge is 0.137 e. The number of rotatable bonds is 8. The Bertz CT molecular complexity index is 743. The Labute approximate surface area is 157 Å². The summed E-state index contributed by atoms with van der Waals surface area (Å²) >= 11 is 0. The van der Waals surface area contributed by atoms with Crippen molar-refractivity contribution in [3.8, 4) is 0 Å². The molecule has 0 aliphatic carbocycles. The van der Waals surface area contributed by atoms with Crippen molar-refractivity contribution in [2.75, 3.05) is 37.1 Å². The first kappa shape index (κ1) is 19.7. The summed E-state index contributed by atoms with van der Waals surface area (Å²) in [5, 5.41) is 8.68. The van der Waals surface area contributed by atoms with Gasteiger partial charge in [0.1, 0.15) is 5.69 Å². The van der Waals surface area contributed by atoms with Gasteiger partial charge in [0, 0.05) is 37.0 Å². The molecule has 2 rings (SSSR count). The Balaban J connectivity index is 2.16. The Morgan fingerprint density at radius 3 is 2.19 bits per heavy atom. The second-order valence-corrected chi connectivity index (χ2v) is 6.08. The summed E-state index contributed by atoms with van der Waals surface area (Å²) in [6, 6.07) is 16.9. The number of hydrazone groups is 1. The van der Waals surface area contributed by atoms with Crippen LogP contribution in [0.1, 0.15) is 26.3 Å². The van der Waals surface area contributed by atoms with E-state index in [1.165, 1.54) is 16.9 Å². The Kier molecular flexibility index (Phi) is 7.42. The van der Waals surface area contributed by atoms with E-state index in [0.29, 0.717) is 0 Å². The van der Waals surface area contributed by atoms with Crippen LogP contribution >= 0.6 is 0 Å². The first-order chi connectivity index (χ1) is 12.6. The lowest BCUT2D eigenvalue weighted by Gasteiger charge is -2.22. The Morgan fingerprint density at radius 1 is 1.00 bits per heavy atom. The number of nitrogens with zero attached hydrogens (tertiary/aromatic N) is 3. The van der Waals surface area contributed by atoms with Gasteiger partial charge in [-0.2, -0.15) is 5.10 Å². The quantitative estimate of drug-likeness (QED) is 0.445. The molecule has 0 bridgehead atoms. The van der Waals surface area contributed by atoms with Crippen LogP contribution in [0.3, 0.4) is 0 Å². The molecule has 0 unspecified atom stereocenters. The van der Waals surface area contributed by atoms with Crippen LogP contribution in [-0.4, -0.2) is 33.4 Å². The van der Waals surface area contributed by atoms with Gasteiger partial charge < -0.3 is 10.2 Å². The molecule has 0 amide bonds. The van der Waals surface area contributed by atoms with E-state index in [0.717, 1.165) is 24.4 Å². The van der Waals surface area contributed by atoms with Gasteiger partial charge in [-0.3, -0.25) is 5.01 Å². The first-order valence-electron chi connectivity index (χ1n) is 9.32. The van der Waals surface area contributed by atoms with Gasteiger partial charge in [-0.25, -0.2) is 0 Å². The molecule has 2 N–H and O–H groups in total. The van der Waals surface area contributed by atoms with E-state index in [9.17, 15) is 0 Å². The lowest BCUT2D eigenvalue weighted by molar-refractivity contribution is -0.539. The fourth-order valence-electron chi connectivity index (χ4n) is 2.99. The highest BCUT2D eigenvalue weighted by Gasteiger charge is 2.08. The molecular formula is C22H31N4+. The van der Waals surface area contributed by atoms with E-state index in [2.05, 4.69) is 90.8 Å². The number of nitrogens with two attached hydrogens (primary N) is 1. The fourth-order valence-corrected chi connectivity index (χ4v) is 2.99. The lowest BCUT2D eigenvalue weighted by Crippen LogP contribution is -2.73. The molecule has 0 aromatic heterocycles. The standard InChI is InChI=1S/C22H30N4/c1-6-18(21-11-9-10-12-22(21)23-4)17-24-25(5)19-13-15-20(16-14-19)26(7-2)8-3/h6,9-17,23H,7-8H2,1-5H3/p+1/b18-6-,24-17-. The predicted molar refractivity (Wildman–Crippen MR) is 115 cm³/mol. The SMILES string of the molecule is C/C=C(/C=N\N(C)c1ccc(N(CC)CC)cc1)c1ccccc1[NH2+]C. The van der Waals surface area contributed by atoms with Crippen LogP contribution in [0.5, 0.6) is 0 Å². The van der Waals surface area contributed by atoms with E-state index in [1.807, 2.05) is 25.2 Å². The highest BCUT2D eigenvalue weighted by Crippen LogP contribution is 2.22.